The van der Waals surface area contributed by atoms with E-state index < -0.39 is 6.10 Å². The van der Waals surface area contributed by atoms with Crippen LogP contribution >= 0.6 is 11.6 Å². The first-order valence-electron chi connectivity index (χ1n) is 12.5. The SMILES string of the molecule is O=C(COc1ccc(Cl)cc1)Nc1ccc(N2CCCN(CC(O)COCc3ccccc3)CC2)nc1. The van der Waals surface area contributed by atoms with Gasteiger partial charge in [-0.1, -0.05) is 41.9 Å². The number of nitrogens with one attached hydrogen (secondary N) is 1. The number of hydrogen-bond donors (Lipinski definition) is 2. The summed E-state index contributed by atoms with van der Waals surface area (Å²) in [5, 5.41) is 13.8. The van der Waals surface area contributed by atoms with Crippen molar-refractivity contribution in [2.24, 2.45) is 0 Å². The molecule has 1 unspecified atom stereocenters. The number of pyridine rings is 1. The number of benzene rings is 2. The standard InChI is InChI=1S/C28H33ClN4O4/c29-23-7-10-26(11-8-23)37-21-28(35)31-24-9-12-27(30-17-24)33-14-4-13-32(15-16-33)18-25(34)20-36-19-22-5-2-1-3-6-22/h1-3,5-12,17,25,34H,4,13-16,18-21H2,(H,31,35). The van der Waals surface area contributed by atoms with Gasteiger partial charge in [0, 0.05) is 31.2 Å². The maximum atomic E-state index is 12.2. The summed E-state index contributed by atoms with van der Waals surface area (Å²) in [6, 6.07) is 20.6. The van der Waals surface area contributed by atoms with Crippen LogP contribution in [-0.4, -0.2) is 72.9 Å². The number of aromatic nitrogens is 1. The van der Waals surface area contributed by atoms with Gasteiger partial charge in [-0.3, -0.25) is 9.69 Å². The molecule has 0 spiro atoms. The number of ether oxygens (including phenoxy) is 2. The molecule has 2 N–H and O–H groups in total. The van der Waals surface area contributed by atoms with Crippen molar-refractivity contribution >= 4 is 29.0 Å². The molecule has 1 aromatic heterocycles. The highest BCUT2D eigenvalue weighted by molar-refractivity contribution is 6.30. The minimum atomic E-state index is -0.528. The Morgan fingerprint density at radius 1 is 1.03 bits per heavy atom. The quantitative estimate of drug-likeness (QED) is 0.394. The lowest BCUT2D eigenvalue weighted by Crippen LogP contribution is -2.37. The summed E-state index contributed by atoms with van der Waals surface area (Å²) in [5.41, 5.74) is 1.72. The number of rotatable bonds is 11. The molecule has 3 aromatic rings. The van der Waals surface area contributed by atoms with Crippen LogP contribution in [0.5, 0.6) is 5.75 Å². The van der Waals surface area contributed by atoms with E-state index in [0.717, 1.165) is 44.0 Å². The van der Waals surface area contributed by atoms with Crippen LogP contribution in [0.4, 0.5) is 11.5 Å². The van der Waals surface area contributed by atoms with E-state index >= 15 is 0 Å². The van der Waals surface area contributed by atoms with E-state index in [1.807, 2.05) is 42.5 Å². The second kappa shape index (κ2) is 13.9. The zero-order valence-corrected chi connectivity index (χ0v) is 21.5. The van der Waals surface area contributed by atoms with E-state index in [4.69, 9.17) is 21.1 Å². The van der Waals surface area contributed by atoms with E-state index in [1.165, 1.54) is 0 Å². The van der Waals surface area contributed by atoms with Gasteiger partial charge < -0.3 is 24.8 Å². The number of β-amino-alcohol motifs (C(OH)–C–C–N with tert-alkyl or cyclic N) is 1. The first-order chi connectivity index (χ1) is 18.0. The van der Waals surface area contributed by atoms with E-state index in [-0.39, 0.29) is 12.5 Å². The molecule has 2 aromatic carbocycles. The molecule has 1 amide bonds. The highest BCUT2D eigenvalue weighted by Gasteiger charge is 2.18. The number of aliphatic hydroxyl groups excluding tert-OH is 1. The molecule has 1 aliphatic heterocycles. The van der Waals surface area contributed by atoms with Crippen LogP contribution in [-0.2, 0) is 16.1 Å². The predicted molar refractivity (Wildman–Crippen MR) is 145 cm³/mol. The molecule has 1 fully saturated rings. The fraction of sp³-hybridized carbons (Fsp3) is 0.357. The first kappa shape index (κ1) is 26.9. The molecule has 196 valence electrons. The van der Waals surface area contributed by atoms with Gasteiger partial charge in [0.2, 0.25) is 0 Å². The number of hydrogen-bond acceptors (Lipinski definition) is 7. The van der Waals surface area contributed by atoms with Crippen molar-refractivity contribution < 1.29 is 19.4 Å². The van der Waals surface area contributed by atoms with Gasteiger partial charge in [0.1, 0.15) is 11.6 Å². The number of anilines is 2. The number of aliphatic hydroxyl groups is 1. The van der Waals surface area contributed by atoms with Gasteiger partial charge in [-0.25, -0.2) is 4.98 Å². The minimum Gasteiger partial charge on any atom is -0.484 e. The maximum Gasteiger partial charge on any atom is 0.262 e. The van der Waals surface area contributed by atoms with Gasteiger partial charge in [0.05, 0.1) is 31.2 Å². The van der Waals surface area contributed by atoms with E-state index in [9.17, 15) is 9.90 Å². The lowest BCUT2D eigenvalue weighted by Gasteiger charge is -2.24. The number of halogens is 1. The van der Waals surface area contributed by atoms with Crippen molar-refractivity contribution in [1.29, 1.82) is 0 Å². The Morgan fingerprint density at radius 2 is 1.84 bits per heavy atom. The topological polar surface area (TPSA) is 87.2 Å². The van der Waals surface area contributed by atoms with Crippen LogP contribution < -0.4 is 15.0 Å². The summed E-state index contributed by atoms with van der Waals surface area (Å²) >= 11 is 5.86. The van der Waals surface area contributed by atoms with Crippen molar-refractivity contribution in [2.45, 2.75) is 19.1 Å². The molecule has 0 saturated carbocycles. The van der Waals surface area contributed by atoms with E-state index in [2.05, 4.69) is 20.1 Å². The second-order valence-corrected chi connectivity index (χ2v) is 9.43. The zero-order valence-electron chi connectivity index (χ0n) is 20.8. The van der Waals surface area contributed by atoms with Gasteiger partial charge in [-0.15, -0.1) is 0 Å². The molecule has 1 saturated heterocycles. The lowest BCUT2D eigenvalue weighted by atomic mass is 10.2. The summed E-state index contributed by atoms with van der Waals surface area (Å²) < 4.78 is 11.2. The van der Waals surface area contributed by atoms with Crippen molar-refractivity contribution in [3.05, 3.63) is 83.5 Å². The predicted octanol–water partition coefficient (Wildman–Crippen LogP) is 3.84. The number of nitrogens with zero attached hydrogens (tertiary/aromatic N) is 3. The van der Waals surface area contributed by atoms with Crippen molar-refractivity contribution in [3.63, 3.8) is 0 Å². The fourth-order valence-corrected chi connectivity index (χ4v) is 4.27. The number of carbonyl (C=O) groups is 1. The van der Waals surface area contributed by atoms with Crippen molar-refractivity contribution in [1.82, 2.24) is 9.88 Å². The van der Waals surface area contributed by atoms with Crippen molar-refractivity contribution in [3.8, 4) is 5.75 Å². The average molecular weight is 525 g/mol. The fourth-order valence-electron chi connectivity index (χ4n) is 4.14. The molecule has 37 heavy (non-hydrogen) atoms. The Hall–Kier alpha value is -3.17. The summed E-state index contributed by atoms with van der Waals surface area (Å²) in [6.07, 6.45) is 2.10. The minimum absolute atomic E-state index is 0.103. The van der Waals surface area contributed by atoms with Crippen LogP contribution in [0.1, 0.15) is 12.0 Å². The summed E-state index contributed by atoms with van der Waals surface area (Å²) in [5.74, 6) is 1.18. The maximum absolute atomic E-state index is 12.2. The number of carbonyl (C=O) groups excluding carboxylic acids is 1. The van der Waals surface area contributed by atoms with Crippen LogP contribution in [0.25, 0.3) is 0 Å². The molecule has 2 heterocycles. The third kappa shape index (κ3) is 9.02. The molecule has 0 radical (unpaired) electrons. The van der Waals surface area contributed by atoms with Crippen LogP contribution in [0.3, 0.4) is 0 Å². The summed E-state index contributed by atoms with van der Waals surface area (Å²) in [7, 11) is 0. The summed E-state index contributed by atoms with van der Waals surface area (Å²) in [6.45, 7) is 4.73. The lowest BCUT2D eigenvalue weighted by molar-refractivity contribution is -0.118. The smallest absolute Gasteiger partial charge is 0.262 e. The first-order valence-corrected chi connectivity index (χ1v) is 12.8. The van der Waals surface area contributed by atoms with Gasteiger partial charge in [0.15, 0.2) is 6.61 Å². The molecule has 0 bridgehead atoms. The van der Waals surface area contributed by atoms with E-state index in [1.54, 1.807) is 30.5 Å². The van der Waals surface area contributed by atoms with Crippen molar-refractivity contribution in [2.75, 3.05) is 56.2 Å². The highest BCUT2D eigenvalue weighted by atomic mass is 35.5. The largest absolute Gasteiger partial charge is 0.484 e. The number of amides is 1. The van der Waals surface area contributed by atoms with Gasteiger partial charge >= 0.3 is 0 Å². The second-order valence-electron chi connectivity index (χ2n) is 8.99. The zero-order chi connectivity index (χ0) is 25.9. The molecule has 0 aliphatic carbocycles. The molecular weight excluding hydrogens is 492 g/mol. The van der Waals surface area contributed by atoms with Crippen LogP contribution in [0.15, 0.2) is 72.9 Å². The Kier molecular flexibility index (Phi) is 10.1. The molecule has 1 aliphatic rings. The Morgan fingerprint density at radius 3 is 2.59 bits per heavy atom. The molecular formula is C28H33ClN4O4. The molecule has 8 nitrogen and oxygen atoms in total. The Bertz CT molecular complexity index is 1100. The Balaban J connectivity index is 1.17. The normalized spacial score (nSPS) is 15.1. The van der Waals surface area contributed by atoms with Crippen LogP contribution in [0, 0.1) is 0 Å². The highest BCUT2D eigenvalue weighted by Crippen LogP contribution is 2.18. The third-order valence-electron chi connectivity index (χ3n) is 6.02. The summed E-state index contributed by atoms with van der Waals surface area (Å²) in [4.78, 5) is 21.3. The van der Waals surface area contributed by atoms with E-state index in [0.29, 0.717) is 36.2 Å². The third-order valence-corrected chi connectivity index (χ3v) is 6.27. The Labute approximate surface area is 222 Å². The molecule has 9 heteroatoms. The van der Waals surface area contributed by atoms with Gasteiger partial charge in [-0.05, 0) is 54.9 Å². The monoisotopic (exact) mass is 524 g/mol. The van der Waals surface area contributed by atoms with Crippen LogP contribution in [0.2, 0.25) is 5.02 Å². The molecule has 1 atom stereocenters. The van der Waals surface area contributed by atoms with Gasteiger partial charge in [0.25, 0.3) is 5.91 Å². The molecule has 4 rings (SSSR count). The van der Waals surface area contributed by atoms with Gasteiger partial charge in [-0.2, -0.15) is 0 Å². The average Bonchev–Trinajstić information content (AvgIpc) is 3.15.